The fourth-order valence-electron chi connectivity index (χ4n) is 2.93. The van der Waals surface area contributed by atoms with Crippen molar-refractivity contribution < 1.29 is 30.7 Å². The number of aryl methyl sites for hydroxylation is 1. The molecule has 0 aliphatic rings. The number of halogens is 5. The number of aromatic nitrogens is 2. The molecule has 1 atom stereocenters. The molecule has 0 radical (unpaired) electrons. The third kappa shape index (κ3) is 5.44. The second-order valence-corrected chi connectivity index (χ2v) is 9.22. The average molecular weight is 477 g/mol. The topological polar surface area (TPSA) is 72.0 Å². The molecular weight excluding hydrogens is 460 g/mol. The van der Waals surface area contributed by atoms with Crippen LogP contribution in [0.1, 0.15) is 34.3 Å². The monoisotopic (exact) mass is 476 g/mol. The molecule has 0 spiro atoms. The molecule has 0 aliphatic carbocycles. The van der Waals surface area contributed by atoms with Gasteiger partial charge in [0, 0.05) is 6.26 Å². The van der Waals surface area contributed by atoms with Gasteiger partial charge in [0.05, 0.1) is 22.9 Å². The van der Waals surface area contributed by atoms with Crippen LogP contribution < -0.4 is 0 Å². The van der Waals surface area contributed by atoms with Gasteiger partial charge in [-0.05, 0) is 42.3 Å². The van der Waals surface area contributed by atoms with Crippen molar-refractivity contribution >= 4 is 21.4 Å². The normalized spacial score (nSPS) is 13.4. The molecule has 0 bridgehead atoms. The highest BCUT2D eigenvalue weighted by atomic mass is 35.5. The maximum Gasteiger partial charge on any atom is 0.416 e. The van der Waals surface area contributed by atoms with E-state index in [2.05, 4.69) is 9.97 Å². The zero-order chi connectivity index (χ0) is 23.0. The molecule has 1 unspecified atom stereocenters. The minimum absolute atomic E-state index is 0.119. The van der Waals surface area contributed by atoms with Crippen molar-refractivity contribution in [2.45, 2.75) is 30.8 Å². The van der Waals surface area contributed by atoms with Crippen molar-refractivity contribution in [2.24, 2.45) is 0 Å². The zero-order valence-electron chi connectivity index (χ0n) is 16.3. The maximum absolute atomic E-state index is 13.6. The van der Waals surface area contributed by atoms with Crippen LogP contribution in [0.2, 0.25) is 5.02 Å². The van der Waals surface area contributed by atoms with Gasteiger partial charge in [-0.2, -0.15) is 13.2 Å². The van der Waals surface area contributed by atoms with E-state index in [0.29, 0.717) is 11.1 Å². The van der Waals surface area contributed by atoms with E-state index in [-0.39, 0.29) is 28.2 Å². The highest BCUT2D eigenvalue weighted by Crippen LogP contribution is 2.31. The summed E-state index contributed by atoms with van der Waals surface area (Å²) in [6.07, 6.45) is -4.43. The van der Waals surface area contributed by atoms with Crippen LogP contribution >= 0.6 is 11.6 Å². The fourth-order valence-corrected chi connectivity index (χ4v) is 3.99. The van der Waals surface area contributed by atoms with E-state index in [1.54, 1.807) is 0 Å². The summed E-state index contributed by atoms with van der Waals surface area (Å²) in [5.74, 6) is -0.521. The average Bonchev–Trinajstić information content (AvgIpc) is 3.06. The number of hydrogen-bond acceptors (Lipinski definition) is 4. The first-order valence-electron chi connectivity index (χ1n) is 8.85. The number of hydrogen-bond donors (Lipinski definition) is 1. The maximum atomic E-state index is 13.6. The quantitative estimate of drug-likeness (QED) is 0.494. The largest absolute Gasteiger partial charge is 0.416 e. The molecule has 1 heterocycles. The molecule has 3 rings (SSSR count). The van der Waals surface area contributed by atoms with Gasteiger partial charge in [0.2, 0.25) is 0 Å². The molecule has 0 amide bonds. The number of imidazole rings is 1. The molecule has 1 N–H and O–H groups in total. The first-order chi connectivity index (χ1) is 14.4. The number of nitrogens with zero attached hydrogens (tertiary/aromatic N) is 1. The van der Waals surface area contributed by atoms with E-state index in [4.69, 9.17) is 16.3 Å². The van der Waals surface area contributed by atoms with Crippen LogP contribution in [0.25, 0.3) is 0 Å². The summed E-state index contributed by atoms with van der Waals surface area (Å²) in [4.78, 5) is 6.96. The number of ether oxygens (including phenoxy) is 1. The molecule has 0 aliphatic heterocycles. The number of H-pyrrole nitrogens is 1. The van der Waals surface area contributed by atoms with Crippen LogP contribution in [0.15, 0.2) is 47.5 Å². The van der Waals surface area contributed by atoms with Crippen LogP contribution in [0.3, 0.4) is 0 Å². The Labute approximate surface area is 181 Å². The number of aromatic amines is 1. The standard InChI is InChI=1S/C20H17ClF4N2O3S/c1-11-19(31(2,28)29)27-18(26-11)17(13-5-8-16(22)15(21)9-13)30-10-12-3-6-14(7-4-12)20(23,24)25/h3-9,17H,10H2,1-2H3,(H,26,27). The van der Waals surface area contributed by atoms with E-state index in [1.165, 1.54) is 31.2 Å². The van der Waals surface area contributed by atoms with Gasteiger partial charge in [-0.1, -0.05) is 29.8 Å². The second-order valence-electron chi connectivity index (χ2n) is 6.88. The second kappa shape index (κ2) is 8.60. The van der Waals surface area contributed by atoms with Crippen molar-refractivity contribution in [3.05, 3.63) is 81.5 Å². The van der Waals surface area contributed by atoms with Gasteiger partial charge in [0.25, 0.3) is 0 Å². The van der Waals surface area contributed by atoms with Gasteiger partial charge in [-0.25, -0.2) is 17.8 Å². The van der Waals surface area contributed by atoms with Gasteiger partial charge in [0.1, 0.15) is 17.7 Å². The van der Waals surface area contributed by atoms with Crippen molar-refractivity contribution in [2.75, 3.05) is 6.26 Å². The first-order valence-corrected chi connectivity index (χ1v) is 11.1. The highest BCUT2D eigenvalue weighted by Gasteiger charge is 2.30. The number of alkyl halides is 3. The van der Waals surface area contributed by atoms with Crippen LogP contribution in [-0.4, -0.2) is 24.6 Å². The number of nitrogens with one attached hydrogen (secondary N) is 1. The smallest absolute Gasteiger partial charge is 0.361 e. The lowest BCUT2D eigenvalue weighted by molar-refractivity contribution is -0.137. The molecule has 166 valence electrons. The summed E-state index contributed by atoms with van der Waals surface area (Å²) < 4.78 is 81.6. The van der Waals surface area contributed by atoms with E-state index < -0.39 is 33.5 Å². The van der Waals surface area contributed by atoms with E-state index in [1.807, 2.05) is 0 Å². The minimum atomic E-state index is -4.46. The molecule has 1 aromatic heterocycles. The summed E-state index contributed by atoms with van der Waals surface area (Å²) in [5, 5.41) is -0.342. The van der Waals surface area contributed by atoms with Crippen LogP contribution in [0, 0.1) is 12.7 Å². The fraction of sp³-hybridized carbons (Fsp3) is 0.250. The Bertz CT molecular complexity index is 1190. The summed E-state index contributed by atoms with van der Waals surface area (Å²) in [5.41, 5.74) is 0.316. The lowest BCUT2D eigenvalue weighted by atomic mass is 10.1. The molecule has 0 saturated carbocycles. The third-order valence-corrected chi connectivity index (χ3v) is 5.79. The van der Waals surface area contributed by atoms with Crippen LogP contribution in [-0.2, 0) is 27.4 Å². The summed E-state index contributed by atoms with van der Waals surface area (Å²) in [6.45, 7) is 1.41. The predicted octanol–water partition coefficient (Wildman–Crippen LogP) is 5.24. The Kier molecular flexibility index (Phi) is 6.45. The van der Waals surface area contributed by atoms with Gasteiger partial charge < -0.3 is 9.72 Å². The molecule has 5 nitrogen and oxygen atoms in total. The first kappa shape index (κ1) is 23.2. The van der Waals surface area contributed by atoms with Crippen molar-refractivity contribution in [3.8, 4) is 0 Å². The van der Waals surface area contributed by atoms with Crippen LogP contribution in [0.4, 0.5) is 17.6 Å². The van der Waals surface area contributed by atoms with E-state index in [9.17, 15) is 26.0 Å². The molecular formula is C20H17ClF4N2O3S. The van der Waals surface area contributed by atoms with Gasteiger partial charge in [-0.3, -0.25) is 0 Å². The highest BCUT2D eigenvalue weighted by molar-refractivity contribution is 7.90. The molecule has 0 fully saturated rings. The number of benzene rings is 2. The van der Waals surface area contributed by atoms with Crippen molar-refractivity contribution in [1.29, 1.82) is 0 Å². The predicted molar refractivity (Wildman–Crippen MR) is 106 cm³/mol. The zero-order valence-corrected chi connectivity index (χ0v) is 17.9. The van der Waals surface area contributed by atoms with E-state index in [0.717, 1.165) is 24.5 Å². The molecule has 11 heteroatoms. The summed E-state index contributed by atoms with van der Waals surface area (Å²) in [7, 11) is -3.62. The Morgan fingerprint density at radius 1 is 1.16 bits per heavy atom. The Balaban J connectivity index is 1.94. The SMILES string of the molecule is Cc1[nH]c(C(OCc2ccc(C(F)(F)F)cc2)c2ccc(F)c(Cl)c2)nc1S(C)(=O)=O. The molecule has 31 heavy (non-hydrogen) atoms. The lowest BCUT2D eigenvalue weighted by Crippen LogP contribution is -2.10. The van der Waals surface area contributed by atoms with Crippen molar-refractivity contribution in [1.82, 2.24) is 9.97 Å². The Hall–Kier alpha value is -2.43. The Morgan fingerprint density at radius 3 is 2.32 bits per heavy atom. The summed E-state index contributed by atoms with van der Waals surface area (Å²) >= 11 is 5.87. The molecule has 0 saturated heterocycles. The van der Waals surface area contributed by atoms with E-state index >= 15 is 0 Å². The van der Waals surface area contributed by atoms with Gasteiger partial charge in [0.15, 0.2) is 14.9 Å². The van der Waals surface area contributed by atoms with Gasteiger partial charge in [-0.15, -0.1) is 0 Å². The summed E-state index contributed by atoms with van der Waals surface area (Å²) in [6, 6.07) is 8.24. The molecule has 3 aromatic rings. The van der Waals surface area contributed by atoms with Crippen molar-refractivity contribution in [3.63, 3.8) is 0 Å². The lowest BCUT2D eigenvalue weighted by Gasteiger charge is -2.17. The minimum Gasteiger partial charge on any atom is -0.361 e. The Morgan fingerprint density at radius 2 is 1.81 bits per heavy atom. The van der Waals surface area contributed by atoms with Gasteiger partial charge >= 0.3 is 6.18 Å². The molecule has 2 aromatic carbocycles. The number of sulfone groups is 1. The third-order valence-electron chi connectivity index (χ3n) is 4.40. The number of rotatable bonds is 6. The van der Waals surface area contributed by atoms with Crippen LogP contribution in [0.5, 0.6) is 0 Å².